The molecular formula is C19H26ClN3. The minimum atomic E-state index is 0.311. The number of rotatable bonds is 2. The van der Waals surface area contributed by atoms with Gasteiger partial charge in [0.2, 0.25) is 0 Å². The Hall–Kier alpha value is -1.48. The van der Waals surface area contributed by atoms with Gasteiger partial charge in [-0.05, 0) is 54.5 Å². The van der Waals surface area contributed by atoms with E-state index in [9.17, 15) is 0 Å². The van der Waals surface area contributed by atoms with Crippen molar-refractivity contribution in [2.24, 2.45) is 5.41 Å². The van der Waals surface area contributed by atoms with Gasteiger partial charge in [-0.3, -0.25) is 4.68 Å². The fourth-order valence-corrected chi connectivity index (χ4v) is 3.63. The summed E-state index contributed by atoms with van der Waals surface area (Å²) >= 11 is 6.03. The van der Waals surface area contributed by atoms with Gasteiger partial charge in [0.15, 0.2) is 5.15 Å². The summed E-state index contributed by atoms with van der Waals surface area (Å²) in [5, 5.41) is 4.92. The fourth-order valence-electron chi connectivity index (χ4n) is 3.41. The number of aryl methyl sites for hydroxylation is 2. The molecule has 1 aromatic heterocycles. The van der Waals surface area contributed by atoms with Gasteiger partial charge in [0.25, 0.3) is 0 Å². The van der Waals surface area contributed by atoms with Gasteiger partial charge in [-0.1, -0.05) is 32.4 Å². The zero-order chi connectivity index (χ0) is 16.8. The van der Waals surface area contributed by atoms with Gasteiger partial charge in [0.05, 0.1) is 18.8 Å². The van der Waals surface area contributed by atoms with E-state index >= 15 is 0 Å². The molecule has 23 heavy (non-hydrogen) atoms. The molecule has 0 fully saturated rings. The third-order valence-corrected chi connectivity index (χ3v) is 4.71. The summed E-state index contributed by atoms with van der Waals surface area (Å²) in [7, 11) is 0. The summed E-state index contributed by atoms with van der Waals surface area (Å²) in [6.45, 7) is 14.1. The van der Waals surface area contributed by atoms with Crippen LogP contribution in [0.3, 0.4) is 0 Å². The maximum absolute atomic E-state index is 6.03. The van der Waals surface area contributed by atoms with Crippen LogP contribution in [0, 0.1) is 19.3 Å². The van der Waals surface area contributed by atoms with E-state index in [1.807, 2.05) is 10.7 Å². The topological polar surface area (TPSA) is 21.1 Å². The number of aromatic nitrogens is 2. The molecule has 1 aliphatic rings. The number of hydrogen-bond donors (Lipinski definition) is 0. The van der Waals surface area contributed by atoms with Crippen molar-refractivity contribution in [2.45, 2.75) is 54.1 Å². The first-order chi connectivity index (χ1) is 10.7. The highest BCUT2D eigenvalue weighted by Gasteiger charge is 2.20. The monoisotopic (exact) mass is 331 g/mol. The van der Waals surface area contributed by atoms with Gasteiger partial charge in [0.1, 0.15) is 0 Å². The minimum absolute atomic E-state index is 0.311. The third kappa shape index (κ3) is 3.55. The van der Waals surface area contributed by atoms with Crippen LogP contribution in [0.5, 0.6) is 0 Å². The molecule has 0 bridgehead atoms. The lowest BCUT2D eigenvalue weighted by Gasteiger charge is -2.31. The molecule has 0 amide bonds. The Morgan fingerprint density at radius 2 is 1.74 bits per heavy atom. The van der Waals surface area contributed by atoms with Gasteiger partial charge < -0.3 is 4.90 Å². The number of benzene rings is 1. The predicted molar refractivity (Wildman–Crippen MR) is 97.4 cm³/mol. The summed E-state index contributed by atoms with van der Waals surface area (Å²) < 4.78 is 2.02. The zero-order valence-electron chi connectivity index (χ0n) is 14.8. The third-order valence-electron chi connectivity index (χ3n) is 4.52. The van der Waals surface area contributed by atoms with Gasteiger partial charge in [-0.25, -0.2) is 0 Å². The van der Waals surface area contributed by atoms with E-state index in [2.05, 4.69) is 56.8 Å². The predicted octanol–water partition coefficient (Wildman–Crippen LogP) is 4.76. The van der Waals surface area contributed by atoms with Crippen LogP contribution in [-0.4, -0.2) is 16.3 Å². The van der Waals surface area contributed by atoms with Crippen LogP contribution in [0.25, 0.3) is 0 Å². The van der Waals surface area contributed by atoms with E-state index in [1.54, 1.807) is 0 Å². The summed E-state index contributed by atoms with van der Waals surface area (Å²) in [5.41, 5.74) is 7.09. The first kappa shape index (κ1) is 16.4. The summed E-state index contributed by atoms with van der Waals surface area (Å²) in [5.74, 6) is 0. The Morgan fingerprint density at radius 3 is 2.35 bits per heavy atom. The molecule has 3 nitrogen and oxygen atoms in total. The molecule has 0 spiro atoms. The van der Waals surface area contributed by atoms with Crippen molar-refractivity contribution in [3.05, 3.63) is 45.7 Å². The van der Waals surface area contributed by atoms with E-state index in [-0.39, 0.29) is 0 Å². The lowest BCUT2D eigenvalue weighted by Crippen LogP contribution is -2.34. The van der Waals surface area contributed by atoms with E-state index < -0.39 is 0 Å². The van der Waals surface area contributed by atoms with Crippen LogP contribution in [0.2, 0.25) is 5.15 Å². The second-order valence-electron chi connectivity index (χ2n) is 7.90. The molecule has 0 saturated heterocycles. The van der Waals surface area contributed by atoms with Gasteiger partial charge in [-0.15, -0.1) is 0 Å². The Labute approximate surface area is 144 Å². The van der Waals surface area contributed by atoms with Crippen molar-refractivity contribution in [3.63, 3.8) is 0 Å². The van der Waals surface area contributed by atoms with Gasteiger partial charge in [0, 0.05) is 18.3 Å². The largest absolute Gasteiger partial charge is 0.364 e. The highest BCUT2D eigenvalue weighted by Crippen LogP contribution is 2.30. The average Bonchev–Trinajstić information content (AvgIpc) is 2.80. The highest BCUT2D eigenvalue weighted by atomic mass is 35.5. The second-order valence-corrected chi connectivity index (χ2v) is 8.29. The normalized spacial score (nSPS) is 15.0. The number of fused-ring (bicyclic) bond motifs is 1. The van der Waals surface area contributed by atoms with Crippen molar-refractivity contribution in [3.8, 4) is 0 Å². The van der Waals surface area contributed by atoms with Crippen LogP contribution >= 0.6 is 11.6 Å². The van der Waals surface area contributed by atoms with Crippen LogP contribution < -0.4 is 4.90 Å². The SMILES string of the molecule is Cc1cc(N2CCn3nc(Cl)cc3C2)cc(C)c1CC(C)(C)C. The summed E-state index contributed by atoms with van der Waals surface area (Å²) in [4.78, 5) is 2.42. The fraction of sp³-hybridized carbons (Fsp3) is 0.526. The number of halogens is 1. The van der Waals surface area contributed by atoms with Crippen molar-refractivity contribution < 1.29 is 0 Å². The molecule has 0 atom stereocenters. The number of nitrogens with zero attached hydrogens (tertiary/aromatic N) is 3. The Balaban J connectivity index is 1.87. The Morgan fingerprint density at radius 1 is 1.09 bits per heavy atom. The minimum Gasteiger partial charge on any atom is -0.364 e. The molecule has 0 aliphatic carbocycles. The number of hydrogen-bond acceptors (Lipinski definition) is 2. The van der Waals surface area contributed by atoms with E-state index in [4.69, 9.17) is 11.6 Å². The lowest BCUT2D eigenvalue weighted by atomic mass is 9.84. The van der Waals surface area contributed by atoms with E-state index in [0.717, 1.165) is 26.1 Å². The van der Waals surface area contributed by atoms with Gasteiger partial charge >= 0.3 is 0 Å². The lowest BCUT2D eigenvalue weighted by molar-refractivity contribution is 0.409. The molecule has 2 heterocycles. The van der Waals surface area contributed by atoms with Crippen molar-refractivity contribution in [1.29, 1.82) is 0 Å². The summed E-state index contributed by atoms with van der Waals surface area (Å²) in [6.07, 6.45) is 1.12. The molecule has 0 unspecified atom stereocenters. The van der Waals surface area contributed by atoms with Gasteiger partial charge in [-0.2, -0.15) is 5.10 Å². The van der Waals surface area contributed by atoms with Crippen LogP contribution in [0.1, 0.15) is 43.2 Å². The van der Waals surface area contributed by atoms with Crippen LogP contribution in [0.15, 0.2) is 18.2 Å². The molecule has 0 N–H and O–H groups in total. The standard InChI is InChI=1S/C19H26ClN3/c1-13-8-15(9-14(2)17(13)11-19(3,4)5)22-6-7-23-16(12-22)10-18(20)21-23/h8-10H,6-7,11-12H2,1-5H3. The highest BCUT2D eigenvalue weighted by molar-refractivity contribution is 6.29. The molecule has 124 valence electrons. The molecule has 2 aromatic rings. The average molecular weight is 332 g/mol. The van der Waals surface area contributed by atoms with Crippen LogP contribution in [0.4, 0.5) is 5.69 Å². The van der Waals surface area contributed by atoms with Crippen molar-refractivity contribution in [1.82, 2.24) is 9.78 Å². The quantitative estimate of drug-likeness (QED) is 0.791. The van der Waals surface area contributed by atoms with Crippen molar-refractivity contribution >= 4 is 17.3 Å². The molecular weight excluding hydrogens is 306 g/mol. The number of anilines is 1. The molecule has 1 aromatic carbocycles. The smallest absolute Gasteiger partial charge is 0.151 e. The molecule has 4 heteroatoms. The van der Waals surface area contributed by atoms with Crippen LogP contribution in [-0.2, 0) is 19.5 Å². The maximum Gasteiger partial charge on any atom is 0.151 e. The molecule has 1 aliphatic heterocycles. The first-order valence-corrected chi connectivity index (χ1v) is 8.68. The van der Waals surface area contributed by atoms with Crippen molar-refractivity contribution in [2.75, 3.05) is 11.4 Å². The summed E-state index contributed by atoms with van der Waals surface area (Å²) in [6, 6.07) is 6.64. The molecule has 0 saturated carbocycles. The van der Waals surface area contributed by atoms with E-state index in [1.165, 1.54) is 28.1 Å². The second kappa shape index (κ2) is 5.86. The van der Waals surface area contributed by atoms with E-state index in [0.29, 0.717) is 10.6 Å². The Kier molecular flexibility index (Phi) is 4.18. The maximum atomic E-state index is 6.03. The zero-order valence-corrected chi connectivity index (χ0v) is 15.5. The molecule has 3 rings (SSSR count). The molecule has 0 radical (unpaired) electrons. The first-order valence-electron chi connectivity index (χ1n) is 8.30. The Bertz CT molecular complexity index is 702.